The topological polar surface area (TPSA) is 53.3 Å². The molecule has 7 rings (SSSR count). The Bertz CT molecular complexity index is 1560. The number of rotatable bonds is 5. The summed E-state index contributed by atoms with van der Waals surface area (Å²) in [6.45, 7) is 0.916. The van der Waals surface area contributed by atoms with Gasteiger partial charge in [0.25, 0.3) is 0 Å². The first-order chi connectivity index (χ1) is 20.2. The zero-order valence-corrected chi connectivity index (χ0v) is 23.9. The van der Waals surface area contributed by atoms with E-state index in [9.17, 15) is 0 Å². The van der Waals surface area contributed by atoms with Gasteiger partial charge in [-0.25, -0.2) is 0 Å². The Morgan fingerprint density at radius 2 is 1.71 bits per heavy atom. The minimum atomic E-state index is 0.0375. The Hall–Kier alpha value is -4.18. The van der Waals surface area contributed by atoms with Gasteiger partial charge in [0.15, 0.2) is 0 Å². The average molecular weight is 541 g/mol. The summed E-state index contributed by atoms with van der Waals surface area (Å²) in [6, 6.07) is 24.1. The highest BCUT2D eigenvalue weighted by molar-refractivity contribution is 6.02. The third-order valence-corrected chi connectivity index (χ3v) is 9.31. The number of nitrogens with one attached hydrogen (secondary N) is 2. The van der Waals surface area contributed by atoms with E-state index >= 15 is 0 Å². The first-order valence-electron chi connectivity index (χ1n) is 15.3. The molecule has 41 heavy (non-hydrogen) atoms. The minimum Gasteiger partial charge on any atom is -0.402 e. The van der Waals surface area contributed by atoms with Crippen LogP contribution in [0.4, 0.5) is 17.1 Å². The van der Waals surface area contributed by atoms with Gasteiger partial charge in [-0.2, -0.15) is 0 Å². The highest BCUT2D eigenvalue weighted by Crippen LogP contribution is 2.47. The maximum absolute atomic E-state index is 6.92. The van der Waals surface area contributed by atoms with Crippen molar-refractivity contribution < 1.29 is 0 Å². The lowest BCUT2D eigenvalue weighted by atomic mass is 9.79. The van der Waals surface area contributed by atoms with Crippen molar-refractivity contribution in [1.29, 1.82) is 0 Å². The van der Waals surface area contributed by atoms with Crippen LogP contribution >= 0.6 is 0 Å². The molecule has 4 N–H and O–H groups in total. The number of para-hydroxylation sites is 1. The molecule has 3 aromatic rings. The van der Waals surface area contributed by atoms with Gasteiger partial charge in [-0.15, -0.1) is 0 Å². The zero-order valence-electron chi connectivity index (χ0n) is 23.9. The second-order valence-electron chi connectivity index (χ2n) is 12.0. The van der Waals surface area contributed by atoms with Crippen LogP contribution in [-0.4, -0.2) is 25.7 Å². The monoisotopic (exact) mass is 540 g/mol. The van der Waals surface area contributed by atoms with Crippen molar-refractivity contribution in [2.24, 2.45) is 11.7 Å². The first-order valence-corrected chi connectivity index (χ1v) is 15.3. The van der Waals surface area contributed by atoms with E-state index in [2.05, 4.69) is 120 Å². The summed E-state index contributed by atoms with van der Waals surface area (Å²) < 4.78 is 0. The predicted octanol–water partition coefficient (Wildman–Crippen LogP) is 7.87. The molecule has 1 aliphatic carbocycles. The van der Waals surface area contributed by atoms with Crippen LogP contribution in [-0.2, 0) is 6.42 Å². The molecule has 1 saturated carbocycles. The van der Waals surface area contributed by atoms with Gasteiger partial charge < -0.3 is 21.3 Å². The van der Waals surface area contributed by atoms with Crippen LogP contribution in [0.3, 0.4) is 0 Å². The van der Waals surface area contributed by atoms with Crippen molar-refractivity contribution in [2.45, 2.75) is 50.6 Å². The van der Waals surface area contributed by atoms with E-state index < -0.39 is 0 Å². The molecule has 0 radical (unpaired) electrons. The Kier molecular flexibility index (Phi) is 6.92. The van der Waals surface area contributed by atoms with E-state index in [4.69, 9.17) is 5.73 Å². The quantitative estimate of drug-likeness (QED) is 0.288. The first kappa shape index (κ1) is 25.8. The Morgan fingerprint density at radius 3 is 2.56 bits per heavy atom. The summed E-state index contributed by atoms with van der Waals surface area (Å²) in [5, 5.41) is 8.03. The highest BCUT2D eigenvalue weighted by atomic mass is 15.1. The lowest BCUT2D eigenvalue weighted by molar-refractivity contribution is 0.400. The van der Waals surface area contributed by atoms with E-state index in [1.165, 1.54) is 82.6 Å². The normalized spacial score (nSPS) is 22.0. The number of fused-ring (bicyclic) bond motifs is 6. The number of likely N-dealkylation sites (N-methyl/N-ethyl adjacent to an activating group) is 1. The van der Waals surface area contributed by atoms with Crippen LogP contribution in [0.15, 0.2) is 96.2 Å². The lowest BCUT2D eigenvalue weighted by Crippen LogP contribution is -2.46. The second kappa shape index (κ2) is 11.0. The average Bonchev–Trinajstić information content (AvgIpc) is 3.02. The van der Waals surface area contributed by atoms with Crippen molar-refractivity contribution in [3.8, 4) is 0 Å². The van der Waals surface area contributed by atoms with Gasteiger partial charge >= 0.3 is 0 Å². The van der Waals surface area contributed by atoms with Gasteiger partial charge in [-0.05, 0) is 65.7 Å². The molecule has 0 aromatic heterocycles. The Balaban J connectivity index is 1.34. The van der Waals surface area contributed by atoms with Gasteiger partial charge in [-0.3, -0.25) is 0 Å². The third-order valence-electron chi connectivity index (χ3n) is 9.31. The number of nitrogens with zero attached hydrogens (tertiary/aromatic N) is 1. The fraction of sp³-hybridized carbons (Fsp3) is 0.297. The summed E-state index contributed by atoms with van der Waals surface area (Å²) in [6.07, 6.45) is 18.8. The second-order valence-corrected chi connectivity index (χ2v) is 12.0. The highest BCUT2D eigenvalue weighted by Gasteiger charge is 2.37. The van der Waals surface area contributed by atoms with Gasteiger partial charge in [0.2, 0.25) is 0 Å². The molecule has 2 atom stereocenters. The number of anilines is 3. The van der Waals surface area contributed by atoms with Crippen LogP contribution in [0.5, 0.6) is 0 Å². The lowest BCUT2D eigenvalue weighted by Gasteiger charge is -2.42. The molecule has 0 bridgehead atoms. The maximum Gasteiger partial charge on any atom is 0.0764 e. The van der Waals surface area contributed by atoms with Gasteiger partial charge in [0.05, 0.1) is 23.5 Å². The molecule has 4 aliphatic rings. The smallest absolute Gasteiger partial charge is 0.0764 e. The van der Waals surface area contributed by atoms with Crippen LogP contribution in [0.25, 0.3) is 17.7 Å². The molecule has 4 heteroatoms. The Labute approximate surface area is 244 Å². The van der Waals surface area contributed by atoms with E-state index in [1.807, 2.05) is 0 Å². The molecular weight excluding hydrogens is 500 g/mol. The molecule has 2 unspecified atom stereocenters. The number of hydrogen-bond donors (Lipinski definition) is 3. The van der Waals surface area contributed by atoms with Gasteiger partial charge in [0, 0.05) is 36.1 Å². The number of benzene rings is 3. The molecule has 208 valence electrons. The number of hydrogen-bond acceptors (Lipinski definition) is 4. The summed E-state index contributed by atoms with van der Waals surface area (Å²) >= 11 is 0. The molecule has 0 spiro atoms. The van der Waals surface area contributed by atoms with Crippen molar-refractivity contribution in [2.75, 3.05) is 29.1 Å². The summed E-state index contributed by atoms with van der Waals surface area (Å²) in [4.78, 5) is 2.35. The summed E-state index contributed by atoms with van der Waals surface area (Å²) in [5.41, 5.74) is 19.3. The predicted molar refractivity (Wildman–Crippen MR) is 175 cm³/mol. The van der Waals surface area contributed by atoms with Crippen molar-refractivity contribution in [3.63, 3.8) is 0 Å². The van der Waals surface area contributed by atoms with Crippen molar-refractivity contribution in [3.05, 3.63) is 118 Å². The van der Waals surface area contributed by atoms with Crippen LogP contribution in [0, 0.1) is 5.92 Å². The van der Waals surface area contributed by atoms with Gasteiger partial charge in [0.1, 0.15) is 0 Å². The fourth-order valence-corrected chi connectivity index (χ4v) is 7.13. The largest absolute Gasteiger partial charge is 0.402 e. The Morgan fingerprint density at radius 1 is 0.927 bits per heavy atom. The zero-order chi connectivity index (χ0) is 27.8. The van der Waals surface area contributed by atoms with Crippen molar-refractivity contribution >= 4 is 34.8 Å². The maximum atomic E-state index is 6.92. The van der Waals surface area contributed by atoms with Crippen LogP contribution in [0.2, 0.25) is 0 Å². The van der Waals surface area contributed by atoms with Crippen molar-refractivity contribution in [1.82, 2.24) is 0 Å². The standard InChI is InChI=1S/C37H40N4/c1-41-22-10-15-27-20-21-28-23-31-30-16-8-9-17-33(30)39-34(36(31)40-35(28)37(27)41)29(19-18-25-11-4-2-5-12-25)24-32(38)26-13-6-3-7-14-26/h2,4-5,8-12,15-17,19-21,23-24,26,34,36,39-40H,3,6-7,13-14,18,22,38H2,1H3/b29-19+,32-24-. The molecule has 3 aliphatic heterocycles. The molecule has 4 nitrogen and oxygen atoms in total. The molecule has 0 amide bonds. The molecule has 3 aromatic carbocycles. The van der Waals surface area contributed by atoms with E-state index in [-0.39, 0.29) is 12.1 Å². The minimum absolute atomic E-state index is 0.0375. The fourth-order valence-electron chi connectivity index (χ4n) is 7.13. The third kappa shape index (κ3) is 4.97. The van der Waals surface area contributed by atoms with E-state index in [0.29, 0.717) is 5.92 Å². The molecule has 0 saturated heterocycles. The summed E-state index contributed by atoms with van der Waals surface area (Å²) in [7, 11) is 2.19. The molecule has 1 fully saturated rings. The molecular formula is C37H40N4. The van der Waals surface area contributed by atoms with Crippen LogP contribution in [0.1, 0.15) is 54.4 Å². The SMILES string of the molecule is CN1CC=Cc2ccc3c(c21)NC1C(=C3)c2ccccc2NC1C(/C=C(\N)C1CCCCC1)=C/Cc1ccccc1. The van der Waals surface area contributed by atoms with Crippen LogP contribution < -0.4 is 21.3 Å². The van der Waals surface area contributed by atoms with E-state index in [0.717, 1.165) is 18.7 Å². The van der Waals surface area contributed by atoms with E-state index in [1.54, 1.807) is 0 Å². The summed E-state index contributed by atoms with van der Waals surface area (Å²) in [5.74, 6) is 0.474. The number of nitrogens with two attached hydrogens (primary N) is 1. The molecule has 3 heterocycles. The number of allylic oxidation sites excluding steroid dienone is 2. The van der Waals surface area contributed by atoms with Gasteiger partial charge in [-0.1, -0.05) is 98.2 Å².